The summed E-state index contributed by atoms with van der Waals surface area (Å²) in [6, 6.07) is 7.71. The van der Waals surface area contributed by atoms with Gasteiger partial charge in [0.2, 0.25) is 5.91 Å². The predicted octanol–water partition coefficient (Wildman–Crippen LogP) is 9.78. The Morgan fingerprint density at radius 3 is 2.57 bits per heavy atom. The summed E-state index contributed by atoms with van der Waals surface area (Å²) in [5.41, 5.74) is 4.82. The number of carbonyl (C=O) groups excluding carboxylic acids is 3. The van der Waals surface area contributed by atoms with Crippen molar-refractivity contribution in [2.75, 3.05) is 6.61 Å². The zero-order valence-corrected chi connectivity index (χ0v) is 32.3. The molecule has 7 nitrogen and oxygen atoms in total. The van der Waals surface area contributed by atoms with Gasteiger partial charge in [-0.3, -0.25) is 9.59 Å². The number of thiophene rings is 1. The van der Waals surface area contributed by atoms with Crippen molar-refractivity contribution in [3.05, 3.63) is 80.7 Å². The van der Waals surface area contributed by atoms with Gasteiger partial charge < -0.3 is 19.5 Å². The van der Waals surface area contributed by atoms with Gasteiger partial charge in [-0.1, -0.05) is 49.6 Å². The maximum absolute atomic E-state index is 13.7. The first-order valence-corrected chi connectivity index (χ1v) is 19.8. The van der Waals surface area contributed by atoms with Gasteiger partial charge in [-0.05, 0) is 127 Å². The van der Waals surface area contributed by atoms with Crippen molar-refractivity contribution in [2.45, 2.75) is 136 Å². The quantitative estimate of drug-likeness (QED) is 0.0805. The summed E-state index contributed by atoms with van der Waals surface area (Å²) >= 11 is 1.55. The summed E-state index contributed by atoms with van der Waals surface area (Å²) in [4.78, 5) is 42.8. The van der Waals surface area contributed by atoms with Crippen LogP contribution in [0.2, 0.25) is 0 Å². The smallest absolute Gasteiger partial charge is 0.355 e. The van der Waals surface area contributed by atoms with Gasteiger partial charge in [0.25, 0.3) is 0 Å². The number of carbonyl (C=O) groups is 3. The van der Waals surface area contributed by atoms with Crippen LogP contribution in [0, 0.1) is 11.8 Å². The average molecular weight is 716 g/mol. The number of hydrogen-bond acceptors (Lipinski definition) is 7. The van der Waals surface area contributed by atoms with Crippen molar-refractivity contribution in [2.24, 2.45) is 11.8 Å². The molecule has 51 heavy (non-hydrogen) atoms. The Bertz CT molecular complexity index is 1660. The minimum atomic E-state index is -0.719. The van der Waals surface area contributed by atoms with E-state index in [9.17, 15) is 19.5 Å². The van der Waals surface area contributed by atoms with Gasteiger partial charge in [-0.2, -0.15) is 0 Å². The molecule has 1 amide bonds. The number of benzene rings is 1. The Labute approximate surface area is 308 Å². The second-order valence-electron chi connectivity index (χ2n) is 15.8. The molecule has 2 aromatic rings. The first kappa shape index (κ1) is 38.6. The number of phenols is 1. The third-order valence-corrected chi connectivity index (χ3v) is 11.4. The lowest BCUT2D eigenvalue weighted by molar-refractivity contribution is -0.165. The molecular formula is C43H57NO6S. The molecule has 0 unspecified atom stereocenters. The summed E-state index contributed by atoms with van der Waals surface area (Å²) < 4.78 is 12.4. The number of ether oxygens (including phenoxy) is 2. The number of hydrogen-bond donors (Lipinski definition) is 1. The number of esters is 1. The summed E-state index contributed by atoms with van der Waals surface area (Å²) in [6.07, 6.45) is 11.5. The molecule has 1 N–H and O–H groups in total. The van der Waals surface area contributed by atoms with E-state index < -0.39 is 17.5 Å². The van der Waals surface area contributed by atoms with Crippen LogP contribution in [0.5, 0.6) is 11.5 Å². The lowest BCUT2D eigenvalue weighted by Gasteiger charge is -2.51. The fraction of sp³-hybridized carbons (Fsp3) is 0.558. The molecule has 8 heteroatoms. The minimum Gasteiger partial charge on any atom is -0.507 e. The fourth-order valence-corrected chi connectivity index (χ4v) is 8.73. The van der Waals surface area contributed by atoms with Gasteiger partial charge in [-0.15, -0.1) is 11.3 Å². The number of amides is 1. The first-order valence-electron chi connectivity index (χ1n) is 18.9. The third-order valence-electron chi connectivity index (χ3n) is 10.5. The molecule has 1 saturated heterocycles. The Morgan fingerprint density at radius 1 is 1.10 bits per heavy atom. The highest BCUT2D eigenvalue weighted by atomic mass is 32.1. The molecule has 0 bridgehead atoms. The SMILES string of the molecule is C=C(C)[C@@H]1CCC(C)=C[C@H]1c1c(O)cc(CCCCC)cc1OCCCC1=C(C(=O)OC(C)(C)C)N2C(=O)[C@@H](CC(=O)Cc3cccs3)[C@H]2CC1. The predicted molar refractivity (Wildman–Crippen MR) is 204 cm³/mol. The highest BCUT2D eigenvalue weighted by Gasteiger charge is 2.53. The van der Waals surface area contributed by atoms with Crippen molar-refractivity contribution in [1.82, 2.24) is 4.90 Å². The van der Waals surface area contributed by atoms with Crippen molar-refractivity contribution in [3.8, 4) is 11.5 Å². The van der Waals surface area contributed by atoms with Gasteiger partial charge in [0, 0.05) is 35.2 Å². The van der Waals surface area contributed by atoms with Gasteiger partial charge in [0.15, 0.2) is 0 Å². The van der Waals surface area contributed by atoms with Crippen molar-refractivity contribution >= 4 is 29.0 Å². The van der Waals surface area contributed by atoms with E-state index in [-0.39, 0.29) is 41.7 Å². The van der Waals surface area contributed by atoms with Gasteiger partial charge >= 0.3 is 5.97 Å². The molecule has 3 aliphatic rings. The number of rotatable bonds is 16. The number of nitrogens with zero attached hydrogens (tertiary/aromatic N) is 1. The van der Waals surface area contributed by atoms with E-state index >= 15 is 0 Å². The first-order chi connectivity index (χ1) is 24.3. The molecule has 1 aliphatic carbocycles. The Morgan fingerprint density at radius 2 is 1.88 bits per heavy atom. The van der Waals surface area contributed by atoms with E-state index in [1.807, 2.05) is 44.4 Å². The van der Waals surface area contributed by atoms with Crippen molar-refractivity contribution < 1.29 is 29.0 Å². The molecule has 2 aliphatic heterocycles. The van der Waals surface area contributed by atoms with Crippen LogP contribution < -0.4 is 4.74 Å². The number of allylic oxidation sites excluding steroid dienone is 4. The summed E-state index contributed by atoms with van der Waals surface area (Å²) in [6.45, 7) is 16.6. The van der Waals surface area contributed by atoms with Gasteiger partial charge in [0.1, 0.15) is 28.6 Å². The van der Waals surface area contributed by atoms with Gasteiger partial charge in [0.05, 0.1) is 12.5 Å². The fourth-order valence-electron chi connectivity index (χ4n) is 8.00. The Balaban J connectivity index is 1.34. The molecule has 0 saturated carbocycles. The molecular weight excluding hydrogens is 659 g/mol. The monoisotopic (exact) mass is 715 g/mol. The highest BCUT2D eigenvalue weighted by molar-refractivity contribution is 7.10. The standard InChI is InChI=1S/C43H57NO6S/c1-8-9-10-13-29-23-37(46)39(34-22-28(4)16-18-33(34)27(2)3)38(24-29)49-20-11-14-30-17-19-36-35(26-31(45)25-32-15-12-21-51-32)41(47)44(36)40(30)42(48)50-43(5,6)7/h12,15,21-24,33-36,46H,2,8-11,13-14,16-20,25-26H2,1,3-7H3/t33-,34+,35-,36+/m0/s1. The molecule has 1 aromatic carbocycles. The number of ketones is 1. The van der Waals surface area contributed by atoms with E-state index in [0.717, 1.165) is 65.7 Å². The number of aromatic hydroxyl groups is 1. The largest absolute Gasteiger partial charge is 0.507 e. The molecule has 3 heterocycles. The number of fused-ring (bicyclic) bond motifs is 1. The number of unbranched alkanes of at least 4 members (excludes halogenated alkanes) is 2. The molecule has 276 valence electrons. The minimum absolute atomic E-state index is 0.0183. The summed E-state index contributed by atoms with van der Waals surface area (Å²) in [5, 5.41) is 13.4. The second-order valence-corrected chi connectivity index (χ2v) is 16.9. The number of Topliss-reactive ketones (excluding diaryl/α,β-unsaturated/α-hetero) is 1. The number of β-lactam (4-membered cyclic amide) rings is 1. The van der Waals surface area contributed by atoms with Crippen LogP contribution in [0.25, 0.3) is 0 Å². The third kappa shape index (κ3) is 9.43. The maximum Gasteiger partial charge on any atom is 0.355 e. The van der Waals surface area contributed by atoms with Crippen molar-refractivity contribution in [1.29, 1.82) is 0 Å². The van der Waals surface area contributed by atoms with Crippen LogP contribution >= 0.6 is 11.3 Å². The molecule has 5 rings (SSSR count). The molecule has 4 atom stereocenters. The normalized spacial score (nSPS) is 21.9. The van der Waals surface area contributed by atoms with Crippen LogP contribution in [0.4, 0.5) is 0 Å². The van der Waals surface area contributed by atoms with E-state index in [4.69, 9.17) is 9.47 Å². The summed E-state index contributed by atoms with van der Waals surface area (Å²) in [5.74, 6) is 0.166. The van der Waals surface area contributed by atoms with Crippen LogP contribution in [-0.4, -0.2) is 45.9 Å². The molecule has 0 spiro atoms. The number of phenolic OH excluding ortho intramolecular Hbond substituents is 1. The molecule has 1 aromatic heterocycles. The van der Waals surface area contributed by atoms with E-state index in [1.165, 1.54) is 5.57 Å². The Kier molecular flexibility index (Phi) is 12.7. The van der Waals surface area contributed by atoms with Crippen LogP contribution in [0.3, 0.4) is 0 Å². The average Bonchev–Trinajstić information content (AvgIpc) is 3.57. The topological polar surface area (TPSA) is 93.1 Å². The molecule has 1 fully saturated rings. The van der Waals surface area contributed by atoms with E-state index in [0.29, 0.717) is 50.2 Å². The van der Waals surface area contributed by atoms with E-state index in [1.54, 1.807) is 16.2 Å². The highest BCUT2D eigenvalue weighted by Crippen LogP contribution is 2.48. The van der Waals surface area contributed by atoms with E-state index in [2.05, 4.69) is 39.5 Å². The lowest BCUT2D eigenvalue weighted by Crippen LogP contribution is -2.63. The van der Waals surface area contributed by atoms with Crippen molar-refractivity contribution in [3.63, 3.8) is 0 Å². The maximum atomic E-state index is 13.7. The zero-order chi connectivity index (χ0) is 36.9. The van der Waals surface area contributed by atoms with Crippen LogP contribution in [-0.2, 0) is 32.0 Å². The lowest BCUT2D eigenvalue weighted by atomic mass is 9.73. The van der Waals surface area contributed by atoms with Crippen LogP contribution in [0.1, 0.15) is 128 Å². The Hall–Kier alpha value is -3.65. The second kappa shape index (κ2) is 16.8. The summed E-state index contributed by atoms with van der Waals surface area (Å²) in [7, 11) is 0. The molecule has 0 radical (unpaired) electrons. The van der Waals surface area contributed by atoms with Gasteiger partial charge in [-0.25, -0.2) is 4.79 Å². The zero-order valence-electron chi connectivity index (χ0n) is 31.5. The number of aryl methyl sites for hydroxylation is 1. The van der Waals surface area contributed by atoms with Crippen LogP contribution in [0.15, 0.2) is 64.7 Å².